The van der Waals surface area contributed by atoms with Crippen LogP contribution in [0.4, 0.5) is 13.2 Å². The molecule has 35 heavy (non-hydrogen) atoms. The summed E-state index contributed by atoms with van der Waals surface area (Å²) in [6.07, 6.45) is -2.82. The van der Waals surface area contributed by atoms with Crippen molar-refractivity contribution in [2.45, 2.75) is 18.8 Å². The van der Waals surface area contributed by atoms with Crippen LogP contribution in [0, 0.1) is 0 Å². The summed E-state index contributed by atoms with van der Waals surface area (Å²) in [6.45, 7) is 1.47. The van der Waals surface area contributed by atoms with Crippen molar-refractivity contribution in [3.63, 3.8) is 0 Å². The molecule has 0 bridgehead atoms. The third kappa shape index (κ3) is 5.86. The minimum absolute atomic E-state index is 0.173. The fourth-order valence-corrected chi connectivity index (χ4v) is 4.21. The number of hydrogen-bond acceptors (Lipinski definition) is 4. The topological polar surface area (TPSA) is 65.5 Å². The van der Waals surface area contributed by atoms with Gasteiger partial charge in [-0.25, -0.2) is 0 Å². The van der Waals surface area contributed by atoms with Crippen molar-refractivity contribution >= 4 is 11.8 Å². The molecule has 9 heteroatoms. The molecule has 4 rings (SSSR count). The lowest BCUT2D eigenvalue weighted by atomic mass is 10.0. The van der Waals surface area contributed by atoms with Crippen LogP contribution in [-0.2, 0) is 17.5 Å². The van der Waals surface area contributed by atoms with E-state index < -0.39 is 29.3 Å². The summed E-state index contributed by atoms with van der Waals surface area (Å²) in [5.41, 5.74) is 0.322. The van der Waals surface area contributed by atoms with Gasteiger partial charge in [0.2, 0.25) is 5.91 Å². The van der Waals surface area contributed by atoms with E-state index in [1.54, 1.807) is 0 Å². The van der Waals surface area contributed by atoms with Gasteiger partial charge in [-0.3, -0.25) is 19.5 Å². The summed E-state index contributed by atoms with van der Waals surface area (Å²) in [5.74, 6) is -0.863. The number of nitrogens with zero attached hydrogens (tertiary/aromatic N) is 3. The first-order chi connectivity index (χ1) is 16.8. The fourth-order valence-electron chi connectivity index (χ4n) is 4.21. The number of carbonyl (C=O) groups is 2. The van der Waals surface area contributed by atoms with E-state index in [1.165, 1.54) is 11.1 Å². The molecule has 1 aliphatic rings. The van der Waals surface area contributed by atoms with E-state index in [1.807, 2.05) is 65.6 Å². The summed E-state index contributed by atoms with van der Waals surface area (Å²) < 4.78 is 40.1. The van der Waals surface area contributed by atoms with Crippen molar-refractivity contribution in [2.24, 2.45) is 0 Å². The Labute approximate surface area is 201 Å². The molecular weight excluding hydrogens is 457 g/mol. The van der Waals surface area contributed by atoms with E-state index in [4.69, 9.17) is 0 Å². The first-order valence-electron chi connectivity index (χ1n) is 11.3. The zero-order valence-corrected chi connectivity index (χ0v) is 18.9. The summed E-state index contributed by atoms with van der Waals surface area (Å²) in [6, 6.07) is 19.4. The van der Waals surface area contributed by atoms with Crippen LogP contribution in [0.25, 0.3) is 0 Å². The van der Waals surface area contributed by atoms with Gasteiger partial charge in [-0.15, -0.1) is 0 Å². The average molecular weight is 483 g/mol. The minimum Gasteiger partial charge on any atom is -0.350 e. The number of carbonyl (C=O) groups excluding carboxylic acids is 2. The summed E-state index contributed by atoms with van der Waals surface area (Å²) in [7, 11) is 0. The van der Waals surface area contributed by atoms with Crippen molar-refractivity contribution in [3.8, 4) is 0 Å². The molecule has 0 spiro atoms. The Morgan fingerprint density at radius 2 is 1.54 bits per heavy atom. The van der Waals surface area contributed by atoms with Crippen LogP contribution in [0.3, 0.4) is 0 Å². The maximum absolute atomic E-state index is 13.4. The van der Waals surface area contributed by atoms with Crippen LogP contribution in [0.2, 0.25) is 0 Å². The maximum atomic E-state index is 13.4. The Morgan fingerprint density at radius 3 is 2.17 bits per heavy atom. The second-order valence-corrected chi connectivity index (χ2v) is 8.26. The molecule has 0 saturated carbocycles. The largest absolute Gasteiger partial charge is 0.418 e. The van der Waals surface area contributed by atoms with Gasteiger partial charge in [0, 0.05) is 45.1 Å². The van der Waals surface area contributed by atoms with Crippen LogP contribution in [0.5, 0.6) is 0 Å². The highest BCUT2D eigenvalue weighted by molar-refractivity contribution is 5.95. The molecule has 2 heterocycles. The molecular formula is C26H25F3N4O2. The third-order valence-electron chi connectivity index (χ3n) is 6.00. The minimum atomic E-state index is -4.67. The summed E-state index contributed by atoms with van der Waals surface area (Å²) in [4.78, 5) is 33.0. The summed E-state index contributed by atoms with van der Waals surface area (Å²) >= 11 is 0. The highest BCUT2D eigenvalue weighted by atomic mass is 19.4. The molecule has 0 radical (unpaired) electrons. The molecule has 2 aromatic carbocycles. The maximum Gasteiger partial charge on any atom is 0.418 e. The first kappa shape index (κ1) is 24.4. The molecule has 3 aromatic rings. The monoisotopic (exact) mass is 482 g/mol. The number of benzene rings is 2. The fraction of sp³-hybridized carbons (Fsp3) is 0.269. The van der Waals surface area contributed by atoms with Gasteiger partial charge < -0.3 is 10.2 Å². The Hall–Kier alpha value is -3.72. The second-order valence-electron chi connectivity index (χ2n) is 8.26. The summed E-state index contributed by atoms with van der Waals surface area (Å²) in [5, 5.41) is 2.99. The van der Waals surface area contributed by atoms with Crippen molar-refractivity contribution in [1.82, 2.24) is 20.1 Å². The van der Waals surface area contributed by atoms with Crippen LogP contribution >= 0.6 is 0 Å². The highest BCUT2D eigenvalue weighted by Gasteiger charge is 2.38. The SMILES string of the molecule is O=C(NCc1ccccc1)[C@@H](c1ccccc1)N1CCN(C(=O)c2ccncc2C(F)(F)F)CC1. The molecule has 1 aliphatic heterocycles. The van der Waals surface area contributed by atoms with E-state index in [9.17, 15) is 22.8 Å². The van der Waals surface area contributed by atoms with Gasteiger partial charge in [0.05, 0.1) is 11.1 Å². The van der Waals surface area contributed by atoms with E-state index >= 15 is 0 Å². The van der Waals surface area contributed by atoms with Gasteiger partial charge in [0.15, 0.2) is 0 Å². The van der Waals surface area contributed by atoms with E-state index in [0.29, 0.717) is 25.8 Å². The molecule has 182 valence electrons. The van der Waals surface area contributed by atoms with Gasteiger partial charge in [-0.2, -0.15) is 13.2 Å². The number of alkyl halides is 3. The average Bonchev–Trinajstić information content (AvgIpc) is 2.88. The van der Waals surface area contributed by atoms with Gasteiger partial charge in [0.25, 0.3) is 5.91 Å². The number of piperazine rings is 1. The number of amides is 2. The highest BCUT2D eigenvalue weighted by Crippen LogP contribution is 2.32. The molecule has 0 aliphatic carbocycles. The lowest BCUT2D eigenvalue weighted by molar-refractivity contribution is -0.138. The van der Waals surface area contributed by atoms with Crippen molar-refractivity contribution in [2.75, 3.05) is 26.2 Å². The lowest BCUT2D eigenvalue weighted by Crippen LogP contribution is -2.52. The predicted octanol–water partition coefficient (Wildman–Crippen LogP) is 3.92. The van der Waals surface area contributed by atoms with Crippen LogP contribution in [0.15, 0.2) is 79.1 Å². The molecule has 0 unspecified atom stereocenters. The van der Waals surface area contributed by atoms with E-state index in [2.05, 4.69) is 10.3 Å². The number of pyridine rings is 1. The standard InChI is InChI=1S/C26H25F3N4O2/c27-26(28,29)22-18-30-12-11-21(22)25(35)33-15-13-32(14-16-33)23(20-9-5-2-6-10-20)24(34)31-17-19-7-3-1-4-8-19/h1-12,18,23H,13-17H2,(H,31,34)/t23-/m1/s1. The first-order valence-corrected chi connectivity index (χ1v) is 11.3. The quantitative estimate of drug-likeness (QED) is 0.579. The second kappa shape index (κ2) is 10.7. The lowest BCUT2D eigenvalue weighted by Gasteiger charge is -2.39. The third-order valence-corrected chi connectivity index (χ3v) is 6.00. The molecule has 1 atom stereocenters. The normalized spacial score (nSPS) is 15.5. The van der Waals surface area contributed by atoms with Crippen LogP contribution in [0.1, 0.15) is 33.1 Å². The molecule has 2 amide bonds. The number of nitrogens with one attached hydrogen (secondary N) is 1. The van der Waals surface area contributed by atoms with Crippen molar-refractivity contribution in [3.05, 3.63) is 101 Å². The Morgan fingerprint density at radius 1 is 0.914 bits per heavy atom. The number of halogens is 3. The molecule has 6 nitrogen and oxygen atoms in total. The Balaban J connectivity index is 1.47. The number of aromatic nitrogens is 1. The molecule has 1 saturated heterocycles. The van der Waals surface area contributed by atoms with Gasteiger partial charge >= 0.3 is 6.18 Å². The van der Waals surface area contributed by atoms with Crippen LogP contribution in [-0.4, -0.2) is 52.8 Å². The Bertz CT molecular complexity index is 1150. The molecule has 1 N–H and O–H groups in total. The molecule has 1 aromatic heterocycles. The Kier molecular flexibility index (Phi) is 7.45. The number of hydrogen-bond donors (Lipinski definition) is 1. The van der Waals surface area contributed by atoms with Gasteiger partial charge in [-0.05, 0) is 17.2 Å². The van der Waals surface area contributed by atoms with Gasteiger partial charge in [-0.1, -0.05) is 60.7 Å². The number of rotatable bonds is 6. The zero-order valence-electron chi connectivity index (χ0n) is 18.9. The van der Waals surface area contributed by atoms with Crippen molar-refractivity contribution in [1.29, 1.82) is 0 Å². The smallest absolute Gasteiger partial charge is 0.350 e. The predicted molar refractivity (Wildman–Crippen MR) is 124 cm³/mol. The van der Waals surface area contributed by atoms with E-state index in [-0.39, 0.29) is 19.0 Å². The van der Waals surface area contributed by atoms with Gasteiger partial charge in [0.1, 0.15) is 6.04 Å². The van der Waals surface area contributed by atoms with Crippen LogP contribution < -0.4 is 5.32 Å². The zero-order chi connectivity index (χ0) is 24.8. The molecule has 1 fully saturated rings. The van der Waals surface area contributed by atoms with Crippen molar-refractivity contribution < 1.29 is 22.8 Å². The van der Waals surface area contributed by atoms with E-state index in [0.717, 1.165) is 17.2 Å².